The van der Waals surface area contributed by atoms with Gasteiger partial charge in [0.1, 0.15) is 0 Å². The lowest BCUT2D eigenvalue weighted by Crippen LogP contribution is -2.53. The summed E-state index contributed by atoms with van der Waals surface area (Å²) < 4.78 is 5.59. The number of rotatable bonds is 3. The van der Waals surface area contributed by atoms with Crippen molar-refractivity contribution < 1.29 is 9.84 Å². The number of nitrogens with zero attached hydrogens (tertiary/aromatic N) is 1. The molecular formula is C9H20N2O2. The molecule has 4 heteroatoms. The summed E-state index contributed by atoms with van der Waals surface area (Å²) >= 11 is 0. The highest BCUT2D eigenvalue weighted by Crippen LogP contribution is 2.12. The predicted molar refractivity (Wildman–Crippen MR) is 51.5 cm³/mol. The van der Waals surface area contributed by atoms with Crippen molar-refractivity contribution in [1.82, 2.24) is 4.90 Å². The molecule has 1 fully saturated rings. The number of morpholine rings is 1. The van der Waals surface area contributed by atoms with Gasteiger partial charge in [0.15, 0.2) is 0 Å². The zero-order valence-corrected chi connectivity index (χ0v) is 8.44. The second-order valence-corrected chi connectivity index (χ2v) is 3.78. The number of hydrogen-bond acceptors (Lipinski definition) is 4. The molecule has 1 heterocycles. The largest absolute Gasteiger partial charge is 0.395 e. The molecule has 1 rings (SSSR count). The molecule has 1 saturated heterocycles. The molecule has 13 heavy (non-hydrogen) atoms. The molecule has 3 N–H and O–H groups in total. The van der Waals surface area contributed by atoms with Gasteiger partial charge >= 0.3 is 0 Å². The maximum Gasteiger partial charge on any atom is 0.0678 e. The van der Waals surface area contributed by atoms with Crippen LogP contribution in [0.15, 0.2) is 0 Å². The van der Waals surface area contributed by atoms with Gasteiger partial charge in [-0.05, 0) is 13.8 Å². The van der Waals surface area contributed by atoms with E-state index in [0.717, 1.165) is 13.1 Å². The molecule has 0 amide bonds. The maximum atomic E-state index is 9.09. The average molecular weight is 188 g/mol. The van der Waals surface area contributed by atoms with Crippen molar-refractivity contribution >= 4 is 0 Å². The summed E-state index contributed by atoms with van der Waals surface area (Å²) in [4.78, 5) is 2.21. The summed E-state index contributed by atoms with van der Waals surface area (Å²) in [7, 11) is 0. The van der Waals surface area contributed by atoms with Gasteiger partial charge in [0, 0.05) is 25.7 Å². The Kier molecular flexibility index (Phi) is 4.12. The zero-order chi connectivity index (χ0) is 9.84. The second-order valence-electron chi connectivity index (χ2n) is 3.78. The molecule has 78 valence electrons. The Morgan fingerprint density at radius 2 is 2.00 bits per heavy atom. The van der Waals surface area contributed by atoms with Gasteiger partial charge in [-0.3, -0.25) is 4.90 Å². The van der Waals surface area contributed by atoms with Crippen LogP contribution in [0.5, 0.6) is 0 Å². The summed E-state index contributed by atoms with van der Waals surface area (Å²) in [5.74, 6) is 0. The van der Waals surface area contributed by atoms with E-state index in [4.69, 9.17) is 15.6 Å². The predicted octanol–water partition coefficient (Wildman–Crippen LogP) is -0.585. The lowest BCUT2D eigenvalue weighted by atomic mass is 10.1. The number of nitrogens with two attached hydrogens (primary N) is 1. The van der Waals surface area contributed by atoms with Crippen LogP contribution in [0.1, 0.15) is 13.8 Å². The fourth-order valence-electron chi connectivity index (χ4n) is 1.85. The van der Waals surface area contributed by atoms with E-state index in [9.17, 15) is 0 Å². The Labute approximate surface area is 79.7 Å². The number of ether oxygens (including phenoxy) is 1. The van der Waals surface area contributed by atoms with E-state index in [0.29, 0.717) is 6.54 Å². The topological polar surface area (TPSA) is 58.7 Å². The molecule has 1 aliphatic rings. The molecule has 0 aromatic rings. The van der Waals surface area contributed by atoms with Crippen LogP contribution in [-0.2, 0) is 4.74 Å². The van der Waals surface area contributed by atoms with Crippen LogP contribution >= 0.6 is 0 Å². The van der Waals surface area contributed by atoms with Crippen molar-refractivity contribution in [2.24, 2.45) is 5.73 Å². The van der Waals surface area contributed by atoms with E-state index in [1.807, 2.05) is 13.8 Å². The first-order valence-corrected chi connectivity index (χ1v) is 4.87. The maximum absolute atomic E-state index is 9.09. The van der Waals surface area contributed by atoms with Crippen molar-refractivity contribution in [2.75, 3.05) is 26.2 Å². The SMILES string of the molecule is CC1CN(C(CN)CO)CC(C)O1. The summed E-state index contributed by atoms with van der Waals surface area (Å²) in [6, 6.07) is 0.0915. The van der Waals surface area contributed by atoms with Crippen molar-refractivity contribution in [3.05, 3.63) is 0 Å². The first-order valence-electron chi connectivity index (χ1n) is 4.87. The summed E-state index contributed by atoms with van der Waals surface area (Å²) in [5.41, 5.74) is 5.56. The molecule has 0 bridgehead atoms. The van der Waals surface area contributed by atoms with Crippen molar-refractivity contribution in [3.63, 3.8) is 0 Å². The Morgan fingerprint density at radius 1 is 1.46 bits per heavy atom. The van der Waals surface area contributed by atoms with E-state index < -0.39 is 0 Å². The smallest absolute Gasteiger partial charge is 0.0678 e. The van der Waals surface area contributed by atoms with Gasteiger partial charge in [-0.25, -0.2) is 0 Å². The minimum absolute atomic E-state index is 0.0915. The molecule has 0 saturated carbocycles. The third kappa shape index (κ3) is 2.91. The Hall–Kier alpha value is -0.160. The van der Waals surface area contributed by atoms with E-state index >= 15 is 0 Å². The fraction of sp³-hybridized carbons (Fsp3) is 1.00. The van der Waals surface area contributed by atoms with Crippen LogP contribution in [-0.4, -0.2) is 54.5 Å². The van der Waals surface area contributed by atoms with Crippen LogP contribution in [0.4, 0.5) is 0 Å². The number of aliphatic hydroxyl groups is 1. The van der Waals surface area contributed by atoms with Crippen LogP contribution in [0.2, 0.25) is 0 Å². The minimum Gasteiger partial charge on any atom is -0.395 e. The normalized spacial score (nSPS) is 33.2. The van der Waals surface area contributed by atoms with Gasteiger partial charge in [0.05, 0.1) is 18.8 Å². The zero-order valence-electron chi connectivity index (χ0n) is 8.44. The van der Waals surface area contributed by atoms with Gasteiger partial charge in [-0.15, -0.1) is 0 Å². The fourth-order valence-corrected chi connectivity index (χ4v) is 1.85. The lowest BCUT2D eigenvalue weighted by Gasteiger charge is -2.39. The molecule has 0 radical (unpaired) electrons. The van der Waals surface area contributed by atoms with E-state index in [1.165, 1.54) is 0 Å². The monoisotopic (exact) mass is 188 g/mol. The highest BCUT2D eigenvalue weighted by molar-refractivity contribution is 4.79. The molecule has 0 aromatic heterocycles. The van der Waals surface area contributed by atoms with Crippen LogP contribution < -0.4 is 5.73 Å². The van der Waals surface area contributed by atoms with Crippen molar-refractivity contribution in [1.29, 1.82) is 0 Å². The molecule has 0 aliphatic carbocycles. The van der Waals surface area contributed by atoms with E-state index in [1.54, 1.807) is 0 Å². The molecule has 1 aliphatic heterocycles. The van der Waals surface area contributed by atoms with Gasteiger partial charge in [0.2, 0.25) is 0 Å². The average Bonchev–Trinajstić information content (AvgIpc) is 2.04. The first-order chi connectivity index (χ1) is 6.17. The third-order valence-corrected chi connectivity index (χ3v) is 2.45. The molecule has 0 spiro atoms. The Balaban J connectivity index is 2.48. The van der Waals surface area contributed by atoms with Gasteiger partial charge < -0.3 is 15.6 Å². The molecule has 0 aromatic carbocycles. The highest BCUT2D eigenvalue weighted by Gasteiger charge is 2.26. The molecule has 3 unspecified atom stereocenters. The lowest BCUT2D eigenvalue weighted by molar-refractivity contribution is -0.0842. The second kappa shape index (κ2) is 4.91. The van der Waals surface area contributed by atoms with Crippen LogP contribution in [0.3, 0.4) is 0 Å². The van der Waals surface area contributed by atoms with Gasteiger partial charge in [-0.1, -0.05) is 0 Å². The van der Waals surface area contributed by atoms with Crippen molar-refractivity contribution in [2.45, 2.75) is 32.1 Å². The first kappa shape index (κ1) is 10.9. The van der Waals surface area contributed by atoms with E-state index in [2.05, 4.69) is 4.90 Å². The Morgan fingerprint density at radius 3 is 2.38 bits per heavy atom. The van der Waals surface area contributed by atoms with E-state index in [-0.39, 0.29) is 24.9 Å². The Bertz CT molecular complexity index is 141. The highest BCUT2D eigenvalue weighted by atomic mass is 16.5. The molecule has 3 atom stereocenters. The summed E-state index contributed by atoms with van der Waals surface area (Å²) in [6.45, 7) is 6.48. The standard InChI is InChI=1S/C9H20N2O2/c1-7-4-11(5-8(2)13-7)9(3-10)6-12/h7-9,12H,3-6,10H2,1-2H3. The minimum atomic E-state index is 0.0915. The van der Waals surface area contributed by atoms with Crippen LogP contribution in [0.25, 0.3) is 0 Å². The molecule has 4 nitrogen and oxygen atoms in total. The summed E-state index contributed by atoms with van der Waals surface area (Å²) in [6.07, 6.45) is 0.480. The number of hydrogen-bond donors (Lipinski definition) is 2. The third-order valence-electron chi connectivity index (χ3n) is 2.45. The molecular weight excluding hydrogens is 168 g/mol. The summed E-state index contributed by atoms with van der Waals surface area (Å²) in [5, 5.41) is 9.09. The van der Waals surface area contributed by atoms with Crippen LogP contribution in [0, 0.1) is 0 Å². The van der Waals surface area contributed by atoms with Gasteiger partial charge in [0.25, 0.3) is 0 Å². The van der Waals surface area contributed by atoms with Crippen molar-refractivity contribution in [3.8, 4) is 0 Å². The quantitative estimate of drug-likeness (QED) is 0.622. The number of aliphatic hydroxyl groups excluding tert-OH is 1. The van der Waals surface area contributed by atoms with Gasteiger partial charge in [-0.2, -0.15) is 0 Å².